The van der Waals surface area contributed by atoms with Crippen LogP contribution in [0.25, 0.3) is 0 Å². The number of methoxy groups -OCH3 is 1. The van der Waals surface area contributed by atoms with E-state index in [4.69, 9.17) is 14.2 Å². The van der Waals surface area contributed by atoms with Gasteiger partial charge in [0.25, 0.3) is 0 Å². The van der Waals surface area contributed by atoms with E-state index in [9.17, 15) is 9.59 Å². The number of ether oxygens (including phenoxy) is 3. The van der Waals surface area contributed by atoms with E-state index in [1.807, 2.05) is 40.7 Å². The quantitative estimate of drug-likeness (QED) is 0.487. The molecule has 0 aliphatic heterocycles. The van der Waals surface area contributed by atoms with E-state index in [-0.39, 0.29) is 19.0 Å². The van der Waals surface area contributed by atoms with E-state index in [2.05, 4.69) is 11.9 Å². The monoisotopic (exact) mass is 377 g/mol. The molecule has 1 rings (SSSR count). The molecule has 0 N–H and O–H groups in total. The Morgan fingerprint density at radius 1 is 1.15 bits per heavy atom. The molecule has 1 aromatic rings. The maximum Gasteiger partial charge on any atom is 0.340 e. The van der Waals surface area contributed by atoms with Crippen molar-refractivity contribution in [1.29, 1.82) is 0 Å². The van der Waals surface area contributed by atoms with Crippen LogP contribution in [-0.4, -0.2) is 37.0 Å². The SMILES string of the molecule is CCCc1cc(OCCC(=O)OC(C)(C)C)cc(C(=O)OC)c1N=C(C)C. The van der Waals surface area contributed by atoms with Gasteiger partial charge in [-0.1, -0.05) is 13.3 Å². The third kappa shape index (κ3) is 7.81. The van der Waals surface area contributed by atoms with E-state index in [1.54, 1.807) is 6.07 Å². The van der Waals surface area contributed by atoms with Gasteiger partial charge < -0.3 is 14.2 Å². The Morgan fingerprint density at radius 3 is 2.33 bits per heavy atom. The number of carbonyl (C=O) groups excluding carboxylic acids is 2. The van der Waals surface area contributed by atoms with Crippen molar-refractivity contribution in [3.63, 3.8) is 0 Å². The summed E-state index contributed by atoms with van der Waals surface area (Å²) >= 11 is 0. The van der Waals surface area contributed by atoms with Gasteiger partial charge in [-0.3, -0.25) is 9.79 Å². The molecule has 0 fully saturated rings. The average molecular weight is 377 g/mol. The lowest BCUT2D eigenvalue weighted by molar-refractivity contribution is -0.155. The van der Waals surface area contributed by atoms with Gasteiger partial charge in [-0.15, -0.1) is 0 Å². The highest BCUT2D eigenvalue weighted by Crippen LogP contribution is 2.32. The third-order valence-corrected chi connectivity index (χ3v) is 3.42. The number of nitrogens with zero attached hydrogens (tertiary/aromatic N) is 1. The molecule has 0 amide bonds. The lowest BCUT2D eigenvalue weighted by Gasteiger charge is -2.19. The van der Waals surface area contributed by atoms with Gasteiger partial charge in [-0.05, 0) is 58.7 Å². The van der Waals surface area contributed by atoms with Crippen LogP contribution in [-0.2, 0) is 20.7 Å². The summed E-state index contributed by atoms with van der Waals surface area (Å²) in [6.07, 6.45) is 1.77. The van der Waals surface area contributed by atoms with Crippen molar-refractivity contribution in [3.8, 4) is 5.75 Å². The van der Waals surface area contributed by atoms with Crippen LogP contribution in [0.1, 0.15) is 70.3 Å². The summed E-state index contributed by atoms with van der Waals surface area (Å²) in [5, 5.41) is 0. The average Bonchev–Trinajstić information content (AvgIpc) is 2.54. The number of hydrogen-bond acceptors (Lipinski definition) is 6. The number of aliphatic imine (C=N–C) groups is 1. The fourth-order valence-corrected chi connectivity index (χ4v) is 2.47. The Labute approximate surface area is 161 Å². The number of carbonyl (C=O) groups is 2. The van der Waals surface area contributed by atoms with Crippen molar-refractivity contribution < 1.29 is 23.8 Å². The Hall–Kier alpha value is -2.37. The van der Waals surface area contributed by atoms with E-state index in [0.29, 0.717) is 17.0 Å². The highest BCUT2D eigenvalue weighted by molar-refractivity contribution is 5.98. The summed E-state index contributed by atoms with van der Waals surface area (Å²) in [5.74, 6) is -0.285. The van der Waals surface area contributed by atoms with E-state index < -0.39 is 11.6 Å². The third-order valence-electron chi connectivity index (χ3n) is 3.42. The van der Waals surface area contributed by atoms with Crippen molar-refractivity contribution in [2.45, 2.75) is 66.4 Å². The Kier molecular flexibility index (Phi) is 8.47. The summed E-state index contributed by atoms with van der Waals surface area (Å²) in [5.41, 5.74) is 2.20. The van der Waals surface area contributed by atoms with Crippen molar-refractivity contribution >= 4 is 23.3 Å². The van der Waals surface area contributed by atoms with Gasteiger partial charge in [0, 0.05) is 5.71 Å². The lowest BCUT2D eigenvalue weighted by Crippen LogP contribution is -2.24. The zero-order valence-electron chi connectivity index (χ0n) is 17.5. The number of benzene rings is 1. The molecule has 0 aliphatic rings. The topological polar surface area (TPSA) is 74.2 Å². The molecule has 0 bridgehead atoms. The van der Waals surface area contributed by atoms with Gasteiger partial charge in [-0.25, -0.2) is 4.79 Å². The summed E-state index contributed by atoms with van der Waals surface area (Å²) in [4.78, 5) is 28.6. The van der Waals surface area contributed by atoms with Crippen LogP contribution in [0.3, 0.4) is 0 Å². The molecule has 27 heavy (non-hydrogen) atoms. The van der Waals surface area contributed by atoms with Crippen LogP contribution in [0.5, 0.6) is 5.75 Å². The fourth-order valence-electron chi connectivity index (χ4n) is 2.47. The maximum absolute atomic E-state index is 12.2. The minimum atomic E-state index is -0.527. The number of hydrogen-bond donors (Lipinski definition) is 0. The zero-order chi connectivity index (χ0) is 20.6. The van der Waals surface area contributed by atoms with Crippen LogP contribution >= 0.6 is 0 Å². The number of aryl methyl sites for hydroxylation is 1. The first-order valence-corrected chi connectivity index (χ1v) is 9.19. The van der Waals surface area contributed by atoms with E-state index >= 15 is 0 Å². The second kappa shape index (κ2) is 10.1. The second-order valence-corrected chi connectivity index (χ2v) is 7.46. The highest BCUT2D eigenvalue weighted by Gasteiger charge is 2.19. The molecule has 0 spiro atoms. The van der Waals surface area contributed by atoms with Crippen molar-refractivity contribution in [3.05, 3.63) is 23.3 Å². The molecule has 6 nitrogen and oxygen atoms in total. The summed E-state index contributed by atoms with van der Waals surface area (Å²) < 4.78 is 15.9. The molecule has 0 unspecified atom stereocenters. The molecule has 0 atom stereocenters. The van der Waals surface area contributed by atoms with Gasteiger partial charge in [0.2, 0.25) is 0 Å². The summed E-state index contributed by atoms with van der Waals surface area (Å²) in [7, 11) is 1.34. The molecular weight excluding hydrogens is 346 g/mol. The number of esters is 2. The van der Waals surface area contributed by atoms with Gasteiger partial charge in [0.15, 0.2) is 0 Å². The molecule has 0 aliphatic carbocycles. The first kappa shape index (κ1) is 22.7. The van der Waals surface area contributed by atoms with Crippen molar-refractivity contribution in [1.82, 2.24) is 0 Å². The largest absolute Gasteiger partial charge is 0.493 e. The molecular formula is C21H31NO5. The van der Waals surface area contributed by atoms with E-state index in [0.717, 1.165) is 24.1 Å². The molecule has 0 saturated heterocycles. The van der Waals surface area contributed by atoms with Crippen LogP contribution in [0, 0.1) is 0 Å². The predicted molar refractivity (Wildman–Crippen MR) is 106 cm³/mol. The van der Waals surface area contributed by atoms with Gasteiger partial charge >= 0.3 is 11.9 Å². The summed E-state index contributed by atoms with van der Waals surface area (Å²) in [6, 6.07) is 3.48. The maximum atomic E-state index is 12.2. The Morgan fingerprint density at radius 2 is 1.81 bits per heavy atom. The molecule has 150 valence electrons. The van der Waals surface area contributed by atoms with Gasteiger partial charge in [-0.2, -0.15) is 0 Å². The highest BCUT2D eigenvalue weighted by atomic mass is 16.6. The van der Waals surface area contributed by atoms with Crippen LogP contribution in [0.2, 0.25) is 0 Å². The normalized spacial score (nSPS) is 10.9. The smallest absolute Gasteiger partial charge is 0.340 e. The molecule has 0 heterocycles. The Balaban J connectivity index is 3.07. The predicted octanol–water partition coefficient (Wildman–Crippen LogP) is 4.65. The minimum Gasteiger partial charge on any atom is -0.493 e. The summed E-state index contributed by atoms with van der Waals surface area (Å²) in [6.45, 7) is 11.4. The fraction of sp³-hybridized carbons (Fsp3) is 0.571. The zero-order valence-corrected chi connectivity index (χ0v) is 17.5. The van der Waals surface area contributed by atoms with Crippen LogP contribution < -0.4 is 4.74 Å². The molecule has 6 heteroatoms. The van der Waals surface area contributed by atoms with Crippen molar-refractivity contribution in [2.24, 2.45) is 4.99 Å². The first-order chi connectivity index (χ1) is 12.6. The van der Waals surface area contributed by atoms with E-state index in [1.165, 1.54) is 7.11 Å². The molecule has 0 aromatic heterocycles. The molecule has 0 radical (unpaired) electrons. The Bertz CT molecular complexity index is 697. The standard InChI is InChI=1S/C21H31NO5/c1-8-9-15-12-16(26-11-10-18(23)27-21(4,5)6)13-17(20(24)25-7)19(15)22-14(2)3/h12-13H,8-11H2,1-7H3. The first-order valence-electron chi connectivity index (χ1n) is 9.19. The molecule has 0 saturated carbocycles. The van der Waals surface area contributed by atoms with Gasteiger partial charge in [0.1, 0.15) is 11.4 Å². The van der Waals surface area contributed by atoms with Crippen LogP contribution in [0.15, 0.2) is 17.1 Å². The van der Waals surface area contributed by atoms with Crippen molar-refractivity contribution in [2.75, 3.05) is 13.7 Å². The molecule has 1 aromatic carbocycles. The minimum absolute atomic E-state index is 0.127. The lowest BCUT2D eigenvalue weighted by atomic mass is 10.0. The second-order valence-electron chi connectivity index (χ2n) is 7.46. The van der Waals surface area contributed by atoms with Crippen LogP contribution in [0.4, 0.5) is 5.69 Å². The number of rotatable bonds is 8. The van der Waals surface area contributed by atoms with Gasteiger partial charge in [0.05, 0.1) is 31.4 Å².